The molecule has 0 saturated carbocycles. The van der Waals surface area contributed by atoms with Crippen LogP contribution in [0.25, 0.3) is 0 Å². The first kappa shape index (κ1) is 20.5. The number of carbonyl (C=O) groups excluding carboxylic acids is 1. The summed E-state index contributed by atoms with van der Waals surface area (Å²) in [4.78, 5) is 20.7. The molecule has 0 saturated heterocycles. The van der Waals surface area contributed by atoms with Gasteiger partial charge in [0.15, 0.2) is 11.7 Å². The molecule has 5 nitrogen and oxygen atoms in total. The molecule has 29 heavy (non-hydrogen) atoms. The van der Waals surface area contributed by atoms with Crippen LogP contribution in [-0.2, 0) is 15.7 Å². The highest BCUT2D eigenvalue weighted by atomic mass is 19.4. The number of nitrogens with one attached hydrogen (secondary N) is 1. The van der Waals surface area contributed by atoms with Crippen LogP contribution in [-0.4, -0.2) is 23.4 Å². The first-order chi connectivity index (χ1) is 13.7. The second kappa shape index (κ2) is 8.02. The molecule has 1 unspecified atom stereocenters. The van der Waals surface area contributed by atoms with E-state index >= 15 is 0 Å². The predicted octanol–water partition coefficient (Wildman–Crippen LogP) is 4.17. The molecule has 1 aliphatic rings. The van der Waals surface area contributed by atoms with Crippen molar-refractivity contribution in [3.05, 3.63) is 76.5 Å². The lowest BCUT2D eigenvalue weighted by Gasteiger charge is -2.27. The first-order valence-electron chi connectivity index (χ1n) is 8.73. The molecule has 1 aromatic carbocycles. The molecule has 0 radical (unpaired) electrons. The second-order valence-electron chi connectivity index (χ2n) is 6.18. The third kappa shape index (κ3) is 4.13. The minimum atomic E-state index is -4.67. The fourth-order valence-electron chi connectivity index (χ4n) is 3.05. The average Bonchev–Trinajstić information content (AvgIpc) is 2.67. The van der Waals surface area contributed by atoms with E-state index in [1.165, 1.54) is 37.4 Å². The number of aromatic nitrogens is 1. The Balaban J connectivity index is 2.21. The van der Waals surface area contributed by atoms with E-state index in [1.807, 2.05) is 0 Å². The number of pyridine rings is 1. The van der Waals surface area contributed by atoms with Gasteiger partial charge in [-0.05, 0) is 37.6 Å². The Labute approximate surface area is 164 Å². The summed E-state index contributed by atoms with van der Waals surface area (Å²) < 4.78 is 60.0. The third-order valence-corrected chi connectivity index (χ3v) is 4.28. The van der Waals surface area contributed by atoms with Crippen molar-refractivity contribution in [1.29, 1.82) is 0 Å². The largest absolute Gasteiger partial charge is 0.463 e. The number of allylic oxidation sites excluding steroid dienone is 1. The van der Waals surface area contributed by atoms with Gasteiger partial charge < -0.3 is 10.1 Å². The van der Waals surface area contributed by atoms with Crippen molar-refractivity contribution in [3.63, 3.8) is 0 Å². The van der Waals surface area contributed by atoms with Gasteiger partial charge in [0.25, 0.3) is 0 Å². The van der Waals surface area contributed by atoms with Gasteiger partial charge in [0.1, 0.15) is 11.7 Å². The van der Waals surface area contributed by atoms with Crippen LogP contribution in [0.5, 0.6) is 0 Å². The zero-order valence-electron chi connectivity index (χ0n) is 15.5. The summed E-state index contributed by atoms with van der Waals surface area (Å²) in [6.07, 6.45) is -3.33. The Morgan fingerprint density at radius 1 is 1.21 bits per heavy atom. The minimum absolute atomic E-state index is 0.0364. The van der Waals surface area contributed by atoms with Crippen LogP contribution >= 0.6 is 0 Å². The monoisotopic (exact) mass is 407 g/mol. The quantitative estimate of drug-likeness (QED) is 0.611. The van der Waals surface area contributed by atoms with Crippen LogP contribution in [0.2, 0.25) is 0 Å². The highest BCUT2D eigenvalue weighted by Crippen LogP contribution is 2.40. The molecular formula is C20H17F4N3O2. The van der Waals surface area contributed by atoms with E-state index < -0.39 is 29.6 Å². The molecule has 1 aliphatic heterocycles. The average molecular weight is 407 g/mol. The summed E-state index contributed by atoms with van der Waals surface area (Å²) in [5.41, 5.74) is -1.21. The van der Waals surface area contributed by atoms with Crippen molar-refractivity contribution in [2.24, 2.45) is 4.99 Å². The second-order valence-corrected chi connectivity index (χ2v) is 6.18. The molecule has 2 aromatic rings. The lowest BCUT2D eigenvalue weighted by atomic mass is 9.92. The Hall–Kier alpha value is -3.23. The fourth-order valence-corrected chi connectivity index (χ4v) is 3.05. The number of hydrogen-bond donors (Lipinski definition) is 1. The van der Waals surface area contributed by atoms with Crippen LogP contribution < -0.4 is 5.32 Å². The van der Waals surface area contributed by atoms with Gasteiger partial charge in [-0.2, -0.15) is 13.2 Å². The van der Waals surface area contributed by atoms with Gasteiger partial charge in [-0.3, -0.25) is 4.99 Å². The standard InChI is InChI=1S/C20H17F4N3O2/c1-3-29-19(28)15-11(2)26-18(17-14(21)9-6-10-25-17)27-16(15)12-7-4-5-8-13(12)20(22,23)24/h4-10,16H,3H2,1-2H3,(H,26,27). The van der Waals surface area contributed by atoms with Crippen molar-refractivity contribution in [2.75, 3.05) is 6.61 Å². The molecule has 0 aliphatic carbocycles. The van der Waals surface area contributed by atoms with Crippen molar-refractivity contribution in [1.82, 2.24) is 10.3 Å². The van der Waals surface area contributed by atoms with Crippen molar-refractivity contribution in [3.8, 4) is 0 Å². The Morgan fingerprint density at radius 3 is 2.59 bits per heavy atom. The molecule has 0 amide bonds. The molecule has 0 spiro atoms. The summed E-state index contributed by atoms with van der Waals surface area (Å²) in [6, 6.07) is 6.01. The maximum absolute atomic E-state index is 14.2. The summed E-state index contributed by atoms with van der Waals surface area (Å²) in [5.74, 6) is -1.58. The van der Waals surface area contributed by atoms with Gasteiger partial charge in [-0.15, -0.1) is 0 Å². The number of ether oxygens (including phenoxy) is 1. The molecule has 1 aromatic heterocycles. The molecule has 3 rings (SSSR count). The van der Waals surface area contributed by atoms with Crippen molar-refractivity contribution < 1.29 is 27.1 Å². The lowest BCUT2D eigenvalue weighted by molar-refractivity contribution is -0.140. The van der Waals surface area contributed by atoms with E-state index in [4.69, 9.17) is 4.74 Å². The third-order valence-electron chi connectivity index (χ3n) is 4.28. The zero-order chi connectivity index (χ0) is 21.2. The number of amidine groups is 1. The number of hydrogen-bond acceptors (Lipinski definition) is 5. The van der Waals surface area contributed by atoms with E-state index in [2.05, 4.69) is 15.3 Å². The number of alkyl halides is 3. The van der Waals surface area contributed by atoms with Crippen LogP contribution in [0.3, 0.4) is 0 Å². The molecule has 1 atom stereocenters. The van der Waals surface area contributed by atoms with Crippen LogP contribution in [0.4, 0.5) is 17.6 Å². The molecule has 1 N–H and O–H groups in total. The number of carbonyl (C=O) groups is 1. The lowest BCUT2D eigenvalue weighted by Crippen LogP contribution is -2.34. The van der Waals surface area contributed by atoms with Crippen molar-refractivity contribution in [2.45, 2.75) is 26.1 Å². The number of halogens is 4. The maximum Gasteiger partial charge on any atom is 0.416 e. The zero-order valence-corrected chi connectivity index (χ0v) is 15.5. The van der Waals surface area contributed by atoms with E-state index in [-0.39, 0.29) is 35.0 Å². The van der Waals surface area contributed by atoms with Gasteiger partial charge in [0, 0.05) is 11.9 Å². The Bertz CT molecular complexity index is 999. The number of nitrogens with zero attached hydrogens (tertiary/aromatic N) is 2. The molecule has 152 valence electrons. The highest BCUT2D eigenvalue weighted by molar-refractivity contribution is 6.02. The normalized spacial score (nSPS) is 16.9. The van der Waals surface area contributed by atoms with Gasteiger partial charge in [0.05, 0.1) is 17.7 Å². The highest BCUT2D eigenvalue weighted by Gasteiger charge is 2.39. The van der Waals surface area contributed by atoms with E-state index in [0.29, 0.717) is 0 Å². The first-order valence-corrected chi connectivity index (χ1v) is 8.73. The molecular weight excluding hydrogens is 390 g/mol. The smallest absolute Gasteiger partial charge is 0.416 e. The van der Waals surface area contributed by atoms with Crippen LogP contribution in [0.15, 0.2) is 58.9 Å². The minimum Gasteiger partial charge on any atom is -0.463 e. The summed E-state index contributed by atoms with van der Waals surface area (Å²) in [5, 5.41) is 2.77. The Kier molecular flexibility index (Phi) is 5.67. The van der Waals surface area contributed by atoms with Gasteiger partial charge in [-0.1, -0.05) is 18.2 Å². The number of rotatable bonds is 4. The van der Waals surface area contributed by atoms with E-state index in [9.17, 15) is 22.4 Å². The SMILES string of the molecule is CCOC(=O)C1=C(C)NC(c2ncccc2F)=NC1c1ccccc1C(F)(F)F. The van der Waals surface area contributed by atoms with Crippen molar-refractivity contribution >= 4 is 11.8 Å². The maximum atomic E-state index is 14.2. The number of aliphatic imine (C=N–C) groups is 1. The van der Waals surface area contributed by atoms with Gasteiger partial charge >= 0.3 is 12.1 Å². The van der Waals surface area contributed by atoms with Gasteiger partial charge in [-0.25, -0.2) is 14.2 Å². The van der Waals surface area contributed by atoms with Gasteiger partial charge in [0.2, 0.25) is 0 Å². The fraction of sp³-hybridized carbons (Fsp3) is 0.250. The molecule has 2 heterocycles. The summed E-state index contributed by atoms with van der Waals surface area (Å²) >= 11 is 0. The summed E-state index contributed by atoms with van der Waals surface area (Å²) in [6.45, 7) is 3.11. The van der Waals surface area contributed by atoms with E-state index in [0.717, 1.165) is 12.1 Å². The number of esters is 1. The van der Waals surface area contributed by atoms with Crippen LogP contribution in [0.1, 0.15) is 36.7 Å². The molecule has 9 heteroatoms. The predicted molar refractivity (Wildman–Crippen MR) is 97.4 cm³/mol. The Morgan fingerprint density at radius 2 is 1.93 bits per heavy atom. The summed E-state index contributed by atoms with van der Waals surface area (Å²) in [7, 11) is 0. The number of benzene rings is 1. The van der Waals surface area contributed by atoms with E-state index in [1.54, 1.807) is 6.92 Å². The molecule has 0 bridgehead atoms. The topological polar surface area (TPSA) is 63.6 Å². The molecule has 0 fully saturated rings. The van der Waals surface area contributed by atoms with Crippen LogP contribution in [0, 0.1) is 5.82 Å².